The average Bonchev–Trinajstić information content (AvgIpc) is 3.35. The normalized spacial score (nSPS) is 11.5. The number of carbonyl (C=O) groups is 1. The van der Waals surface area contributed by atoms with Crippen LogP contribution in [0.25, 0.3) is 21.5 Å². The van der Waals surface area contributed by atoms with Crippen LogP contribution in [0, 0.1) is 24.4 Å². The van der Waals surface area contributed by atoms with Gasteiger partial charge in [-0.1, -0.05) is 18.2 Å². The second kappa shape index (κ2) is 8.31. The SMILES string of the molecule is Cc1nc(-c2cc(F)c(F)c(O)c2F)sc1C(=O)N(Cc1cc2ccccc2o1)C(C)C. The van der Waals surface area contributed by atoms with Crippen LogP contribution in [-0.2, 0) is 6.54 Å². The number of halogens is 3. The first-order chi connectivity index (χ1) is 15.2. The van der Waals surface area contributed by atoms with Crippen LogP contribution in [0.3, 0.4) is 0 Å². The molecule has 0 atom stereocenters. The molecule has 4 aromatic rings. The van der Waals surface area contributed by atoms with Gasteiger partial charge in [0, 0.05) is 11.4 Å². The van der Waals surface area contributed by atoms with Gasteiger partial charge < -0.3 is 14.4 Å². The highest BCUT2D eigenvalue weighted by atomic mass is 32.1. The molecule has 0 saturated carbocycles. The number of thiazole rings is 1. The Labute approximate surface area is 185 Å². The summed E-state index contributed by atoms with van der Waals surface area (Å²) in [5.74, 6) is -5.59. The number of rotatable bonds is 5. The second-order valence-corrected chi connectivity index (χ2v) is 8.59. The summed E-state index contributed by atoms with van der Waals surface area (Å²) in [6.07, 6.45) is 0. The van der Waals surface area contributed by atoms with E-state index in [0.717, 1.165) is 16.7 Å². The lowest BCUT2D eigenvalue weighted by molar-refractivity contribution is 0.0681. The Morgan fingerprint density at radius 2 is 1.91 bits per heavy atom. The molecular formula is C23H19F3N2O3S. The topological polar surface area (TPSA) is 66.6 Å². The van der Waals surface area contributed by atoms with E-state index in [1.807, 2.05) is 44.2 Å². The molecule has 0 aliphatic rings. The smallest absolute Gasteiger partial charge is 0.266 e. The number of amides is 1. The van der Waals surface area contributed by atoms with Crippen LogP contribution >= 0.6 is 11.3 Å². The molecule has 0 fully saturated rings. The first-order valence-corrected chi connectivity index (χ1v) is 10.6. The Morgan fingerprint density at radius 3 is 2.59 bits per heavy atom. The molecule has 1 N–H and O–H groups in total. The van der Waals surface area contributed by atoms with Crippen molar-refractivity contribution in [2.75, 3.05) is 0 Å². The largest absolute Gasteiger partial charge is 0.503 e. The highest BCUT2D eigenvalue weighted by Crippen LogP contribution is 2.36. The van der Waals surface area contributed by atoms with Crippen molar-refractivity contribution in [2.45, 2.75) is 33.4 Å². The molecule has 2 aromatic carbocycles. The molecule has 166 valence electrons. The molecule has 0 spiro atoms. The summed E-state index contributed by atoms with van der Waals surface area (Å²) in [6.45, 7) is 5.48. The molecule has 0 saturated heterocycles. The van der Waals surface area contributed by atoms with E-state index in [1.165, 1.54) is 0 Å². The van der Waals surface area contributed by atoms with Crippen LogP contribution in [-0.4, -0.2) is 26.9 Å². The lowest BCUT2D eigenvalue weighted by Crippen LogP contribution is -2.36. The van der Waals surface area contributed by atoms with Gasteiger partial charge in [0.05, 0.1) is 17.8 Å². The Kier molecular flexibility index (Phi) is 5.68. The van der Waals surface area contributed by atoms with Crippen molar-refractivity contribution in [3.63, 3.8) is 0 Å². The molecular weight excluding hydrogens is 441 g/mol. The van der Waals surface area contributed by atoms with Crippen molar-refractivity contribution in [2.24, 2.45) is 0 Å². The van der Waals surface area contributed by atoms with Crippen molar-refractivity contribution in [3.05, 3.63) is 70.2 Å². The number of nitrogens with zero attached hydrogens (tertiary/aromatic N) is 2. The van der Waals surface area contributed by atoms with Crippen LogP contribution in [0.5, 0.6) is 5.75 Å². The number of aromatic nitrogens is 1. The summed E-state index contributed by atoms with van der Waals surface area (Å²) >= 11 is 0.846. The zero-order chi connectivity index (χ0) is 23.2. The summed E-state index contributed by atoms with van der Waals surface area (Å²) in [5, 5.41) is 10.4. The fraction of sp³-hybridized carbons (Fsp3) is 0.217. The quantitative estimate of drug-likeness (QED) is 0.369. The fourth-order valence-electron chi connectivity index (χ4n) is 3.36. The van der Waals surface area contributed by atoms with Gasteiger partial charge >= 0.3 is 0 Å². The molecule has 4 rings (SSSR count). The van der Waals surface area contributed by atoms with Crippen molar-refractivity contribution in [1.82, 2.24) is 9.88 Å². The highest BCUT2D eigenvalue weighted by Gasteiger charge is 2.27. The minimum Gasteiger partial charge on any atom is -0.503 e. The number of carbonyl (C=O) groups excluding carboxylic acids is 1. The average molecular weight is 460 g/mol. The molecule has 9 heteroatoms. The van der Waals surface area contributed by atoms with E-state index in [4.69, 9.17) is 4.42 Å². The van der Waals surface area contributed by atoms with Crippen LogP contribution in [0.15, 0.2) is 40.8 Å². The van der Waals surface area contributed by atoms with Gasteiger partial charge in [-0.15, -0.1) is 11.3 Å². The Balaban J connectivity index is 1.68. The fourth-order valence-corrected chi connectivity index (χ4v) is 4.39. The maximum absolute atomic E-state index is 14.3. The zero-order valence-electron chi connectivity index (χ0n) is 17.4. The first-order valence-electron chi connectivity index (χ1n) is 9.80. The third-order valence-electron chi connectivity index (χ3n) is 5.04. The van der Waals surface area contributed by atoms with E-state index >= 15 is 0 Å². The van der Waals surface area contributed by atoms with Gasteiger partial charge in [0.25, 0.3) is 5.91 Å². The molecule has 0 aliphatic heterocycles. The van der Waals surface area contributed by atoms with Gasteiger partial charge in [-0.05, 0) is 39.0 Å². The molecule has 0 bridgehead atoms. The summed E-state index contributed by atoms with van der Waals surface area (Å²) in [5.41, 5.74) is 0.611. The van der Waals surface area contributed by atoms with Gasteiger partial charge in [-0.2, -0.15) is 4.39 Å². The Bertz CT molecular complexity index is 1300. The standard InChI is InChI=1S/C23H19F3N2O3S/c1-11(2)28(10-14-8-13-6-4-5-7-17(13)31-14)23(30)21-12(3)27-22(32-21)15-9-16(24)19(26)20(29)18(15)25/h4-9,11,29H,10H2,1-3H3. The van der Waals surface area contributed by atoms with Gasteiger partial charge in [0.2, 0.25) is 5.82 Å². The molecule has 5 nitrogen and oxygen atoms in total. The number of aryl methyl sites for hydroxylation is 1. The van der Waals surface area contributed by atoms with Crippen LogP contribution in [0.1, 0.15) is 35.0 Å². The lowest BCUT2D eigenvalue weighted by atomic mass is 10.2. The molecule has 0 unspecified atom stereocenters. The number of phenolic OH excluding ortho intramolecular Hbond substituents is 1. The minimum absolute atomic E-state index is 0.0370. The van der Waals surface area contributed by atoms with Crippen molar-refractivity contribution in [3.8, 4) is 16.3 Å². The summed E-state index contributed by atoms with van der Waals surface area (Å²) in [6, 6.07) is 9.79. The van der Waals surface area contributed by atoms with Gasteiger partial charge in [0.15, 0.2) is 17.4 Å². The third kappa shape index (κ3) is 3.84. The van der Waals surface area contributed by atoms with Crippen LogP contribution in [0.4, 0.5) is 13.2 Å². The number of aromatic hydroxyl groups is 1. The predicted octanol–water partition coefficient (Wildman–Crippen LogP) is 6.04. The molecule has 0 aliphatic carbocycles. The minimum atomic E-state index is -1.67. The van der Waals surface area contributed by atoms with Crippen molar-refractivity contribution >= 4 is 28.2 Å². The van der Waals surface area contributed by atoms with E-state index < -0.39 is 28.8 Å². The summed E-state index contributed by atoms with van der Waals surface area (Å²) in [7, 11) is 0. The molecule has 0 radical (unpaired) electrons. The van der Waals surface area contributed by atoms with E-state index in [-0.39, 0.29) is 28.4 Å². The molecule has 2 heterocycles. The van der Waals surface area contributed by atoms with Gasteiger partial charge in [-0.3, -0.25) is 4.79 Å². The number of furan rings is 1. The summed E-state index contributed by atoms with van der Waals surface area (Å²) in [4.78, 5) is 19.3. The summed E-state index contributed by atoms with van der Waals surface area (Å²) < 4.78 is 47.3. The van der Waals surface area contributed by atoms with E-state index in [0.29, 0.717) is 23.1 Å². The maximum atomic E-state index is 14.3. The number of benzene rings is 2. The van der Waals surface area contributed by atoms with E-state index in [2.05, 4.69) is 4.98 Å². The number of para-hydroxylation sites is 1. The number of hydrogen-bond acceptors (Lipinski definition) is 5. The predicted molar refractivity (Wildman–Crippen MR) is 115 cm³/mol. The number of hydrogen-bond donors (Lipinski definition) is 1. The van der Waals surface area contributed by atoms with E-state index in [9.17, 15) is 23.1 Å². The Morgan fingerprint density at radius 1 is 1.19 bits per heavy atom. The van der Waals surface area contributed by atoms with Gasteiger partial charge in [0.1, 0.15) is 21.2 Å². The number of fused-ring (bicyclic) bond motifs is 1. The van der Waals surface area contributed by atoms with Crippen LogP contribution in [0.2, 0.25) is 0 Å². The number of phenols is 1. The lowest BCUT2D eigenvalue weighted by Gasteiger charge is -2.25. The first kappa shape index (κ1) is 21.9. The van der Waals surface area contributed by atoms with E-state index in [1.54, 1.807) is 11.8 Å². The highest BCUT2D eigenvalue weighted by molar-refractivity contribution is 7.17. The molecule has 2 aromatic heterocycles. The maximum Gasteiger partial charge on any atom is 0.266 e. The van der Waals surface area contributed by atoms with Crippen LogP contribution < -0.4 is 0 Å². The molecule has 32 heavy (non-hydrogen) atoms. The second-order valence-electron chi connectivity index (χ2n) is 7.59. The zero-order valence-corrected chi connectivity index (χ0v) is 18.3. The molecule has 1 amide bonds. The third-order valence-corrected chi connectivity index (χ3v) is 6.22. The Hall–Kier alpha value is -3.33. The van der Waals surface area contributed by atoms with Gasteiger partial charge in [-0.25, -0.2) is 13.8 Å². The van der Waals surface area contributed by atoms with Crippen molar-refractivity contribution in [1.29, 1.82) is 0 Å². The van der Waals surface area contributed by atoms with Crippen molar-refractivity contribution < 1.29 is 27.5 Å². The monoisotopic (exact) mass is 460 g/mol.